The van der Waals surface area contributed by atoms with E-state index in [2.05, 4.69) is 9.97 Å². The van der Waals surface area contributed by atoms with Gasteiger partial charge in [0.2, 0.25) is 0 Å². The summed E-state index contributed by atoms with van der Waals surface area (Å²) in [4.78, 5) is 22.1. The van der Waals surface area contributed by atoms with Crippen molar-refractivity contribution in [3.05, 3.63) is 75.1 Å². The van der Waals surface area contributed by atoms with Gasteiger partial charge in [-0.25, -0.2) is 9.37 Å². The Kier molecular flexibility index (Phi) is 5.07. The van der Waals surface area contributed by atoms with Gasteiger partial charge in [-0.1, -0.05) is 36.4 Å². The Morgan fingerprint density at radius 3 is 2.43 bits per heavy atom. The maximum atomic E-state index is 13.3. The first-order valence-corrected chi connectivity index (χ1v) is 9.85. The van der Waals surface area contributed by atoms with E-state index in [0.29, 0.717) is 29.3 Å². The van der Waals surface area contributed by atoms with Crippen molar-refractivity contribution in [3.63, 3.8) is 0 Å². The smallest absolute Gasteiger partial charge is 0.260 e. The second kappa shape index (κ2) is 7.66. The molecule has 2 aromatic carbocycles. The van der Waals surface area contributed by atoms with Crippen molar-refractivity contribution in [1.29, 1.82) is 0 Å². The van der Waals surface area contributed by atoms with Gasteiger partial charge < -0.3 is 9.72 Å². The van der Waals surface area contributed by atoms with Crippen LogP contribution in [0.2, 0.25) is 0 Å². The summed E-state index contributed by atoms with van der Waals surface area (Å²) >= 11 is 1.47. The molecule has 0 bridgehead atoms. The van der Waals surface area contributed by atoms with E-state index in [1.54, 1.807) is 12.1 Å². The van der Waals surface area contributed by atoms with Gasteiger partial charge in [0.25, 0.3) is 5.56 Å². The molecule has 0 spiro atoms. The maximum Gasteiger partial charge on any atom is 0.260 e. The molecule has 0 fully saturated rings. The van der Waals surface area contributed by atoms with E-state index in [4.69, 9.17) is 4.74 Å². The van der Waals surface area contributed by atoms with Crippen LogP contribution < -0.4 is 5.56 Å². The lowest BCUT2D eigenvalue weighted by atomic mass is 10.0. The third-order valence-electron chi connectivity index (χ3n) is 4.57. The molecule has 4 nitrogen and oxygen atoms in total. The Morgan fingerprint density at radius 2 is 1.75 bits per heavy atom. The zero-order chi connectivity index (χ0) is 19.7. The third kappa shape index (κ3) is 3.48. The van der Waals surface area contributed by atoms with E-state index in [-0.39, 0.29) is 11.4 Å². The number of benzene rings is 2. The lowest BCUT2D eigenvalue weighted by molar-refractivity contribution is 0.134. The molecule has 0 atom stereocenters. The average molecular weight is 394 g/mol. The summed E-state index contributed by atoms with van der Waals surface area (Å²) in [6.07, 6.45) is 0. The zero-order valence-corrected chi connectivity index (χ0v) is 16.4. The minimum atomic E-state index is -0.303. The molecule has 0 aliphatic heterocycles. The minimum absolute atomic E-state index is 0.193. The highest BCUT2D eigenvalue weighted by Crippen LogP contribution is 2.36. The van der Waals surface area contributed by atoms with Crippen molar-refractivity contribution in [2.45, 2.75) is 20.5 Å². The van der Waals surface area contributed by atoms with Gasteiger partial charge in [0.1, 0.15) is 16.5 Å². The summed E-state index contributed by atoms with van der Waals surface area (Å²) in [5, 5.41) is 0.547. The van der Waals surface area contributed by atoms with Gasteiger partial charge in [0.05, 0.1) is 12.0 Å². The quantitative estimate of drug-likeness (QED) is 0.500. The van der Waals surface area contributed by atoms with Crippen molar-refractivity contribution >= 4 is 21.6 Å². The van der Waals surface area contributed by atoms with Crippen LogP contribution in [0.25, 0.3) is 32.7 Å². The topological polar surface area (TPSA) is 55.0 Å². The molecular weight excluding hydrogens is 375 g/mol. The minimum Gasteiger partial charge on any atom is -0.377 e. The summed E-state index contributed by atoms with van der Waals surface area (Å²) in [7, 11) is 0. The Bertz CT molecular complexity index is 1180. The molecule has 0 saturated heterocycles. The van der Waals surface area contributed by atoms with E-state index in [1.807, 2.05) is 38.1 Å². The summed E-state index contributed by atoms with van der Waals surface area (Å²) in [6.45, 7) is 5.14. The van der Waals surface area contributed by atoms with Crippen LogP contribution in [0.15, 0.2) is 53.3 Å². The van der Waals surface area contributed by atoms with Gasteiger partial charge in [-0.2, -0.15) is 0 Å². The van der Waals surface area contributed by atoms with Crippen LogP contribution in [0.5, 0.6) is 0 Å². The zero-order valence-electron chi connectivity index (χ0n) is 15.6. The first kappa shape index (κ1) is 18.5. The molecule has 6 heteroatoms. The molecule has 0 unspecified atom stereocenters. The van der Waals surface area contributed by atoms with Crippen LogP contribution in [-0.2, 0) is 11.3 Å². The number of thiophene rings is 1. The van der Waals surface area contributed by atoms with E-state index >= 15 is 0 Å². The number of fused-ring (bicyclic) bond motifs is 1. The third-order valence-corrected chi connectivity index (χ3v) is 5.57. The van der Waals surface area contributed by atoms with Gasteiger partial charge in [-0.15, -0.1) is 11.3 Å². The first-order chi connectivity index (χ1) is 13.6. The molecule has 0 aliphatic carbocycles. The Balaban J connectivity index is 1.78. The number of halogens is 1. The lowest BCUT2D eigenvalue weighted by Crippen LogP contribution is -2.09. The summed E-state index contributed by atoms with van der Waals surface area (Å²) < 4.78 is 18.7. The number of aromatic nitrogens is 2. The molecule has 4 rings (SSSR count). The van der Waals surface area contributed by atoms with Crippen molar-refractivity contribution < 1.29 is 9.13 Å². The average Bonchev–Trinajstić information content (AvgIpc) is 3.04. The molecule has 2 heterocycles. The highest BCUT2D eigenvalue weighted by atomic mass is 32.1. The lowest BCUT2D eigenvalue weighted by Gasteiger charge is -2.05. The van der Waals surface area contributed by atoms with Gasteiger partial charge in [0, 0.05) is 22.6 Å². The molecule has 1 N–H and O–H groups in total. The Labute approximate surface area is 165 Å². The molecule has 0 saturated carbocycles. The molecule has 0 radical (unpaired) electrons. The second-order valence-electron chi connectivity index (χ2n) is 6.47. The van der Waals surface area contributed by atoms with Gasteiger partial charge in [-0.3, -0.25) is 4.79 Å². The van der Waals surface area contributed by atoms with Crippen LogP contribution in [0.1, 0.15) is 17.4 Å². The predicted octanol–water partition coefficient (Wildman–Crippen LogP) is 5.30. The molecule has 0 amide bonds. The van der Waals surface area contributed by atoms with Crippen LogP contribution in [0.3, 0.4) is 0 Å². The van der Waals surface area contributed by atoms with Crippen LogP contribution in [-0.4, -0.2) is 16.6 Å². The van der Waals surface area contributed by atoms with Crippen molar-refractivity contribution in [1.82, 2.24) is 9.97 Å². The Morgan fingerprint density at radius 1 is 1.07 bits per heavy atom. The number of aryl methyl sites for hydroxylation is 1. The highest BCUT2D eigenvalue weighted by molar-refractivity contribution is 7.19. The molecule has 28 heavy (non-hydrogen) atoms. The fraction of sp³-hybridized carbons (Fsp3) is 0.182. The van der Waals surface area contributed by atoms with Gasteiger partial charge in [-0.05, 0) is 37.1 Å². The van der Waals surface area contributed by atoms with Crippen molar-refractivity contribution in [2.24, 2.45) is 0 Å². The highest BCUT2D eigenvalue weighted by Gasteiger charge is 2.17. The predicted molar refractivity (Wildman–Crippen MR) is 111 cm³/mol. The van der Waals surface area contributed by atoms with Gasteiger partial charge >= 0.3 is 0 Å². The van der Waals surface area contributed by atoms with Crippen molar-refractivity contribution in [2.75, 3.05) is 6.61 Å². The van der Waals surface area contributed by atoms with Crippen LogP contribution in [0.4, 0.5) is 4.39 Å². The van der Waals surface area contributed by atoms with Crippen molar-refractivity contribution in [3.8, 4) is 22.5 Å². The van der Waals surface area contributed by atoms with E-state index in [1.165, 1.54) is 23.5 Å². The van der Waals surface area contributed by atoms with Crippen LogP contribution in [0, 0.1) is 12.7 Å². The SMILES string of the molecule is CCOCc1ccc(-c2nc3sc(C)c(-c4ccc(F)cc4)c3c(=O)[nH]2)cc1. The number of rotatable bonds is 5. The summed E-state index contributed by atoms with van der Waals surface area (Å²) in [6, 6.07) is 14.0. The largest absolute Gasteiger partial charge is 0.377 e. The number of aromatic amines is 1. The van der Waals surface area contributed by atoms with E-state index < -0.39 is 0 Å². The van der Waals surface area contributed by atoms with E-state index in [9.17, 15) is 9.18 Å². The molecular formula is C22H19FN2O2S. The monoisotopic (exact) mass is 394 g/mol. The maximum absolute atomic E-state index is 13.3. The number of nitrogens with zero attached hydrogens (tertiary/aromatic N) is 1. The van der Waals surface area contributed by atoms with E-state index in [0.717, 1.165) is 27.1 Å². The second-order valence-corrected chi connectivity index (χ2v) is 7.67. The number of hydrogen-bond acceptors (Lipinski definition) is 4. The fourth-order valence-corrected chi connectivity index (χ4v) is 4.24. The number of ether oxygens (including phenoxy) is 1. The number of H-pyrrole nitrogens is 1. The fourth-order valence-electron chi connectivity index (χ4n) is 3.20. The number of hydrogen-bond donors (Lipinski definition) is 1. The van der Waals surface area contributed by atoms with Gasteiger partial charge in [0.15, 0.2) is 0 Å². The molecule has 2 aromatic heterocycles. The standard InChI is InChI=1S/C22H19FN2O2S/c1-3-27-12-14-4-6-16(7-5-14)20-24-21(26)19-18(13(2)28-22(19)25-20)15-8-10-17(23)11-9-15/h4-11H,3,12H2,1-2H3,(H,24,25,26). The molecule has 4 aromatic rings. The normalized spacial score (nSPS) is 11.2. The summed E-state index contributed by atoms with van der Waals surface area (Å²) in [5.41, 5.74) is 3.34. The summed E-state index contributed by atoms with van der Waals surface area (Å²) in [5.74, 6) is 0.232. The number of nitrogens with one attached hydrogen (secondary N) is 1. The molecule has 0 aliphatic rings. The first-order valence-electron chi connectivity index (χ1n) is 9.03. The Hall–Kier alpha value is -2.83. The molecule has 142 valence electrons. The van der Waals surface area contributed by atoms with Crippen LogP contribution >= 0.6 is 11.3 Å².